The van der Waals surface area contributed by atoms with Crippen molar-refractivity contribution < 1.29 is 39.4 Å². The van der Waals surface area contributed by atoms with Crippen molar-refractivity contribution in [2.24, 2.45) is 0 Å². The van der Waals surface area contributed by atoms with Crippen LogP contribution in [0.5, 0.6) is 0 Å². The molecular formula is C14H26O8. The number of carbonyl (C=O) groups excluding carboxylic acids is 1. The Labute approximate surface area is 129 Å². The second kappa shape index (κ2) is 10.1. The van der Waals surface area contributed by atoms with E-state index in [4.69, 9.17) is 14.6 Å². The van der Waals surface area contributed by atoms with E-state index >= 15 is 0 Å². The molecule has 0 aromatic carbocycles. The van der Waals surface area contributed by atoms with Crippen molar-refractivity contribution in [2.75, 3.05) is 20.3 Å². The van der Waals surface area contributed by atoms with Crippen molar-refractivity contribution in [3.05, 3.63) is 0 Å². The lowest BCUT2D eigenvalue weighted by molar-refractivity contribution is -0.301. The fraction of sp³-hybridized carbons (Fsp3) is 0.929. The zero-order chi connectivity index (χ0) is 16.5. The first kappa shape index (κ1) is 19.3. The van der Waals surface area contributed by atoms with Gasteiger partial charge in [0.05, 0.1) is 13.7 Å². The highest BCUT2D eigenvalue weighted by molar-refractivity contribution is 5.68. The van der Waals surface area contributed by atoms with E-state index in [-0.39, 0.29) is 5.97 Å². The third-order valence-electron chi connectivity index (χ3n) is 3.63. The van der Waals surface area contributed by atoms with E-state index in [0.717, 1.165) is 19.3 Å². The Hall–Kier alpha value is -0.770. The molecule has 5 atom stereocenters. The predicted octanol–water partition coefficient (Wildman–Crippen LogP) is -1.07. The topological polar surface area (TPSA) is 126 Å². The van der Waals surface area contributed by atoms with Crippen LogP contribution in [-0.4, -0.2) is 77.4 Å². The van der Waals surface area contributed by atoms with Crippen LogP contribution in [0.3, 0.4) is 0 Å². The van der Waals surface area contributed by atoms with Gasteiger partial charge in [-0.05, 0) is 12.8 Å². The molecule has 1 heterocycles. The van der Waals surface area contributed by atoms with E-state index in [2.05, 4.69) is 4.74 Å². The van der Waals surface area contributed by atoms with Crippen molar-refractivity contribution >= 4 is 5.97 Å². The van der Waals surface area contributed by atoms with Gasteiger partial charge in [-0.3, -0.25) is 4.79 Å². The van der Waals surface area contributed by atoms with E-state index in [0.29, 0.717) is 19.4 Å². The molecule has 1 aliphatic rings. The van der Waals surface area contributed by atoms with Gasteiger partial charge in [0.25, 0.3) is 0 Å². The van der Waals surface area contributed by atoms with E-state index in [1.165, 1.54) is 7.11 Å². The van der Waals surface area contributed by atoms with Gasteiger partial charge >= 0.3 is 5.97 Å². The Bertz CT molecular complexity index is 322. The minimum absolute atomic E-state index is 0.224. The average Bonchev–Trinajstić information content (AvgIpc) is 2.53. The second-order valence-corrected chi connectivity index (χ2v) is 5.31. The highest BCUT2D eigenvalue weighted by Gasteiger charge is 2.43. The predicted molar refractivity (Wildman–Crippen MR) is 74.8 cm³/mol. The van der Waals surface area contributed by atoms with Gasteiger partial charge in [-0.2, -0.15) is 0 Å². The van der Waals surface area contributed by atoms with Gasteiger partial charge < -0.3 is 34.6 Å². The van der Waals surface area contributed by atoms with Crippen LogP contribution < -0.4 is 0 Å². The Morgan fingerprint density at radius 3 is 2.36 bits per heavy atom. The van der Waals surface area contributed by atoms with Crippen LogP contribution in [0.2, 0.25) is 0 Å². The molecule has 0 aliphatic carbocycles. The maximum atomic E-state index is 10.9. The van der Waals surface area contributed by atoms with Gasteiger partial charge in [0.1, 0.15) is 24.4 Å². The Morgan fingerprint density at radius 1 is 1.05 bits per heavy atom. The largest absolute Gasteiger partial charge is 0.469 e. The fourth-order valence-corrected chi connectivity index (χ4v) is 2.23. The number of ether oxygens (including phenoxy) is 3. The van der Waals surface area contributed by atoms with E-state index in [1.807, 2.05) is 0 Å². The summed E-state index contributed by atoms with van der Waals surface area (Å²) >= 11 is 0. The summed E-state index contributed by atoms with van der Waals surface area (Å²) in [6, 6.07) is 0. The Balaban J connectivity index is 2.17. The summed E-state index contributed by atoms with van der Waals surface area (Å²) in [7, 11) is 1.36. The average molecular weight is 322 g/mol. The van der Waals surface area contributed by atoms with Gasteiger partial charge in [-0.15, -0.1) is 0 Å². The van der Waals surface area contributed by atoms with Gasteiger partial charge in [-0.25, -0.2) is 0 Å². The summed E-state index contributed by atoms with van der Waals surface area (Å²) in [5.41, 5.74) is 0. The molecule has 1 saturated heterocycles. The summed E-state index contributed by atoms with van der Waals surface area (Å²) in [4.78, 5) is 10.9. The van der Waals surface area contributed by atoms with Crippen LogP contribution in [0.1, 0.15) is 32.1 Å². The molecular weight excluding hydrogens is 296 g/mol. The lowest BCUT2D eigenvalue weighted by atomic mass is 9.99. The van der Waals surface area contributed by atoms with Crippen LogP contribution >= 0.6 is 0 Å². The molecule has 0 bridgehead atoms. The quantitative estimate of drug-likeness (QED) is 0.312. The smallest absolute Gasteiger partial charge is 0.305 e. The lowest BCUT2D eigenvalue weighted by Gasteiger charge is -2.39. The van der Waals surface area contributed by atoms with Crippen molar-refractivity contribution in [1.82, 2.24) is 0 Å². The fourth-order valence-electron chi connectivity index (χ4n) is 2.23. The third kappa shape index (κ3) is 5.79. The summed E-state index contributed by atoms with van der Waals surface area (Å²) in [5.74, 6) is -0.224. The first-order valence-corrected chi connectivity index (χ1v) is 7.50. The van der Waals surface area contributed by atoms with Crippen LogP contribution in [0.15, 0.2) is 0 Å². The van der Waals surface area contributed by atoms with Gasteiger partial charge in [0.2, 0.25) is 0 Å². The summed E-state index contributed by atoms with van der Waals surface area (Å²) in [5, 5.41) is 38.0. The molecule has 0 amide bonds. The zero-order valence-corrected chi connectivity index (χ0v) is 12.8. The van der Waals surface area contributed by atoms with Crippen LogP contribution in [0.4, 0.5) is 0 Å². The number of aliphatic hydroxyl groups excluding tert-OH is 4. The minimum Gasteiger partial charge on any atom is -0.469 e. The molecule has 8 heteroatoms. The molecule has 0 saturated carbocycles. The molecule has 22 heavy (non-hydrogen) atoms. The molecule has 0 unspecified atom stereocenters. The monoisotopic (exact) mass is 322 g/mol. The normalized spacial score (nSPS) is 32.0. The summed E-state index contributed by atoms with van der Waals surface area (Å²) in [6.07, 6.45) is -2.66. The van der Waals surface area contributed by atoms with E-state index in [1.54, 1.807) is 0 Å². The highest BCUT2D eigenvalue weighted by atomic mass is 16.7. The number of carbonyl (C=O) groups is 1. The standard InChI is InChI=1S/C14H26O8/c1-20-10(16)6-4-2-3-5-7-21-14-13(19)12(18)11(17)9(8-15)22-14/h9,11-15,17-19H,2-8H2,1H3/t9-,11-,12+,13+,14+/m1/s1. The maximum Gasteiger partial charge on any atom is 0.305 e. The van der Waals surface area contributed by atoms with Crippen molar-refractivity contribution in [1.29, 1.82) is 0 Å². The molecule has 0 radical (unpaired) electrons. The highest BCUT2D eigenvalue weighted by Crippen LogP contribution is 2.22. The van der Waals surface area contributed by atoms with Crippen molar-refractivity contribution in [3.8, 4) is 0 Å². The first-order chi connectivity index (χ1) is 10.5. The van der Waals surface area contributed by atoms with E-state index < -0.39 is 37.3 Å². The molecule has 8 nitrogen and oxygen atoms in total. The molecule has 0 aromatic rings. The Morgan fingerprint density at radius 2 is 1.73 bits per heavy atom. The van der Waals surface area contributed by atoms with Crippen LogP contribution in [0, 0.1) is 0 Å². The molecule has 0 aromatic heterocycles. The van der Waals surface area contributed by atoms with Gasteiger partial charge in [-0.1, -0.05) is 12.8 Å². The second-order valence-electron chi connectivity index (χ2n) is 5.31. The number of rotatable bonds is 9. The first-order valence-electron chi connectivity index (χ1n) is 7.50. The number of unbranched alkanes of at least 4 members (excludes halogenated alkanes) is 3. The number of aliphatic hydroxyl groups is 4. The van der Waals surface area contributed by atoms with Gasteiger partial charge in [0, 0.05) is 13.0 Å². The van der Waals surface area contributed by atoms with Crippen LogP contribution in [0.25, 0.3) is 0 Å². The minimum atomic E-state index is -1.42. The van der Waals surface area contributed by atoms with Crippen molar-refractivity contribution in [3.63, 3.8) is 0 Å². The number of methoxy groups -OCH3 is 1. The number of hydrogen-bond acceptors (Lipinski definition) is 8. The SMILES string of the molecule is COC(=O)CCCCCCO[C@H]1O[C@H](CO)[C@@H](O)[C@H](O)[C@@H]1O. The zero-order valence-electron chi connectivity index (χ0n) is 12.8. The lowest BCUT2D eigenvalue weighted by Crippen LogP contribution is -2.59. The van der Waals surface area contributed by atoms with E-state index in [9.17, 15) is 20.1 Å². The third-order valence-corrected chi connectivity index (χ3v) is 3.63. The summed E-state index contributed by atoms with van der Waals surface area (Å²) in [6.45, 7) is -0.167. The molecule has 1 rings (SSSR count). The molecule has 0 spiro atoms. The molecule has 1 fully saturated rings. The molecule has 130 valence electrons. The van der Waals surface area contributed by atoms with Crippen molar-refractivity contribution in [2.45, 2.75) is 62.8 Å². The molecule has 4 N–H and O–H groups in total. The Kier molecular flexibility index (Phi) is 8.84. The van der Waals surface area contributed by atoms with Crippen LogP contribution in [-0.2, 0) is 19.0 Å². The number of esters is 1. The maximum absolute atomic E-state index is 10.9. The summed E-state index contributed by atoms with van der Waals surface area (Å²) < 4.78 is 15.1. The van der Waals surface area contributed by atoms with Gasteiger partial charge in [0.15, 0.2) is 6.29 Å². The molecule has 1 aliphatic heterocycles. The number of hydrogen-bond donors (Lipinski definition) is 4.